The Balaban J connectivity index is 2.77. The van der Waals surface area contributed by atoms with Gasteiger partial charge in [-0.15, -0.1) is 0 Å². The minimum atomic E-state index is -0.897. The first-order valence-electron chi connectivity index (χ1n) is 5.57. The average molecular weight is 228 g/mol. The van der Waals surface area contributed by atoms with Crippen LogP contribution in [0.1, 0.15) is 26.7 Å². The van der Waals surface area contributed by atoms with E-state index in [-0.39, 0.29) is 11.4 Å². The fourth-order valence-electron chi connectivity index (χ4n) is 1.57. The first-order chi connectivity index (χ1) is 7.60. The van der Waals surface area contributed by atoms with Gasteiger partial charge in [-0.1, -0.05) is 26.7 Å². The number of hydrogen-bond donors (Lipinski definition) is 2. The van der Waals surface area contributed by atoms with Crippen LogP contribution in [0.5, 0.6) is 0 Å². The molecule has 0 heterocycles. The van der Waals surface area contributed by atoms with Gasteiger partial charge in [-0.2, -0.15) is 0 Å². The SMILES string of the molecule is CCC(CC)CNc1c(N)ccc(F)c1F. The van der Waals surface area contributed by atoms with E-state index in [1.165, 1.54) is 6.07 Å². The minimum Gasteiger partial charge on any atom is -0.397 e. The lowest BCUT2D eigenvalue weighted by molar-refractivity contribution is 0.501. The second-order valence-corrected chi connectivity index (χ2v) is 3.89. The maximum Gasteiger partial charge on any atom is 0.183 e. The summed E-state index contributed by atoms with van der Waals surface area (Å²) in [4.78, 5) is 0. The van der Waals surface area contributed by atoms with Crippen molar-refractivity contribution in [1.29, 1.82) is 0 Å². The van der Waals surface area contributed by atoms with Gasteiger partial charge in [0.25, 0.3) is 0 Å². The van der Waals surface area contributed by atoms with Crippen LogP contribution in [0.2, 0.25) is 0 Å². The van der Waals surface area contributed by atoms with E-state index in [2.05, 4.69) is 19.2 Å². The summed E-state index contributed by atoms with van der Waals surface area (Å²) in [7, 11) is 0. The first kappa shape index (κ1) is 12.7. The maximum atomic E-state index is 13.4. The monoisotopic (exact) mass is 228 g/mol. The predicted octanol–water partition coefficient (Wildman–Crippen LogP) is 3.40. The summed E-state index contributed by atoms with van der Waals surface area (Å²) in [6, 6.07) is 2.40. The number of nitrogen functional groups attached to an aromatic ring is 1. The van der Waals surface area contributed by atoms with E-state index in [9.17, 15) is 8.78 Å². The lowest BCUT2D eigenvalue weighted by atomic mass is 10.0. The van der Waals surface area contributed by atoms with Crippen molar-refractivity contribution in [3.63, 3.8) is 0 Å². The molecule has 0 saturated carbocycles. The van der Waals surface area contributed by atoms with Gasteiger partial charge >= 0.3 is 0 Å². The summed E-state index contributed by atoms with van der Waals surface area (Å²) in [6.07, 6.45) is 2.00. The molecule has 4 heteroatoms. The zero-order valence-electron chi connectivity index (χ0n) is 9.69. The molecule has 3 N–H and O–H groups in total. The Kier molecular flexibility index (Phi) is 4.52. The van der Waals surface area contributed by atoms with Crippen molar-refractivity contribution in [2.24, 2.45) is 5.92 Å². The van der Waals surface area contributed by atoms with E-state index < -0.39 is 11.6 Å². The topological polar surface area (TPSA) is 38.0 Å². The Bertz CT molecular complexity index is 349. The van der Waals surface area contributed by atoms with E-state index in [0.29, 0.717) is 12.5 Å². The van der Waals surface area contributed by atoms with Gasteiger partial charge in [-0.25, -0.2) is 8.78 Å². The Labute approximate surface area is 94.8 Å². The second kappa shape index (κ2) is 5.68. The summed E-state index contributed by atoms with van der Waals surface area (Å²) in [5.74, 6) is -1.32. The van der Waals surface area contributed by atoms with E-state index in [1.54, 1.807) is 0 Å². The van der Waals surface area contributed by atoms with E-state index >= 15 is 0 Å². The molecule has 0 fully saturated rings. The third-order valence-corrected chi connectivity index (χ3v) is 2.85. The summed E-state index contributed by atoms with van der Waals surface area (Å²) >= 11 is 0. The highest BCUT2D eigenvalue weighted by molar-refractivity contribution is 5.66. The fraction of sp³-hybridized carbons (Fsp3) is 0.500. The second-order valence-electron chi connectivity index (χ2n) is 3.89. The third kappa shape index (κ3) is 2.84. The number of hydrogen-bond acceptors (Lipinski definition) is 2. The van der Waals surface area contributed by atoms with Crippen LogP contribution in [0.4, 0.5) is 20.2 Å². The van der Waals surface area contributed by atoms with Crippen molar-refractivity contribution in [2.75, 3.05) is 17.6 Å². The van der Waals surface area contributed by atoms with Gasteiger partial charge in [0.05, 0.1) is 11.4 Å². The molecule has 0 amide bonds. The van der Waals surface area contributed by atoms with Gasteiger partial charge in [0, 0.05) is 6.54 Å². The largest absolute Gasteiger partial charge is 0.397 e. The van der Waals surface area contributed by atoms with Gasteiger partial charge in [0.1, 0.15) is 0 Å². The molecule has 0 saturated heterocycles. The number of rotatable bonds is 5. The number of benzene rings is 1. The molecular weight excluding hydrogens is 210 g/mol. The van der Waals surface area contributed by atoms with E-state index in [1.807, 2.05) is 0 Å². The smallest absolute Gasteiger partial charge is 0.183 e. The molecule has 2 nitrogen and oxygen atoms in total. The summed E-state index contributed by atoms with van der Waals surface area (Å²) in [5, 5.41) is 2.88. The number of halogens is 2. The van der Waals surface area contributed by atoms with Crippen LogP contribution in [-0.2, 0) is 0 Å². The van der Waals surface area contributed by atoms with Crippen molar-refractivity contribution in [3.8, 4) is 0 Å². The summed E-state index contributed by atoms with van der Waals surface area (Å²) in [5.41, 5.74) is 5.91. The maximum absolute atomic E-state index is 13.4. The Hall–Kier alpha value is -1.32. The molecule has 0 bridgehead atoms. The van der Waals surface area contributed by atoms with Crippen molar-refractivity contribution in [2.45, 2.75) is 26.7 Å². The molecule has 0 aromatic heterocycles. The normalized spacial score (nSPS) is 10.8. The van der Waals surface area contributed by atoms with Crippen LogP contribution in [0.25, 0.3) is 0 Å². The number of nitrogens with one attached hydrogen (secondary N) is 1. The molecule has 0 aliphatic carbocycles. The minimum absolute atomic E-state index is 0.0758. The van der Waals surface area contributed by atoms with Gasteiger partial charge in [-0.05, 0) is 18.1 Å². The highest BCUT2D eigenvalue weighted by atomic mass is 19.2. The molecule has 0 spiro atoms. The fourth-order valence-corrected chi connectivity index (χ4v) is 1.57. The molecule has 0 aliphatic rings. The zero-order chi connectivity index (χ0) is 12.1. The van der Waals surface area contributed by atoms with Crippen LogP contribution in [0.3, 0.4) is 0 Å². The molecule has 1 rings (SSSR count). The highest BCUT2D eigenvalue weighted by Gasteiger charge is 2.12. The van der Waals surface area contributed by atoms with Crippen molar-refractivity contribution in [1.82, 2.24) is 0 Å². The van der Waals surface area contributed by atoms with Gasteiger partial charge < -0.3 is 11.1 Å². The third-order valence-electron chi connectivity index (χ3n) is 2.85. The first-order valence-corrected chi connectivity index (χ1v) is 5.57. The van der Waals surface area contributed by atoms with Crippen molar-refractivity contribution >= 4 is 11.4 Å². The quantitative estimate of drug-likeness (QED) is 0.758. The van der Waals surface area contributed by atoms with Gasteiger partial charge in [0.15, 0.2) is 11.6 Å². The highest BCUT2D eigenvalue weighted by Crippen LogP contribution is 2.25. The Morgan fingerprint density at radius 2 is 1.88 bits per heavy atom. The zero-order valence-corrected chi connectivity index (χ0v) is 9.69. The number of nitrogens with two attached hydrogens (primary N) is 1. The molecule has 1 aromatic carbocycles. The lowest BCUT2D eigenvalue weighted by Crippen LogP contribution is -2.15. The predicted molar refractivity (Wildman–Crippen MR) is 63.3 cm³/mol. The van der Waals surface area contributed by atoms with Gasteiger partial charge in [0.2, 0.25) is 0 Å². The molecule has 0 unspecified atom stereocenters. The molecule has 16 heavy (non-hydrogen) atoms. The molecule has 1 aromatic rings. The van der Waals surface area contributed by atoms with Crippen LogP contribution >= 0.6 is 0 Å². The van der Waals surface area contributed by atoms with Crippen LogP contribution < -0.4 is 11.1 Å². The summed E-state index contributed by atoms with van der Waals surface area (Å²) < 4.78 is 26.4. The van der Waals surface area contributed by atoms with Gasteiger partial charge in [-0.3, -0.25) is 0 Å². The molecule has 0 radical (unpaired) electrons. The van der Waals surface area contributed by atoms with Crippen LogP contribution in [0.15, 0.2) is 12.1 Å². The standard InChI is InChI=1S/C12H18F2N2/c1-3-8(4-2)7-16-12-10(15)6-5-9(13)11(12)14/h5-6,8,16H,3-4,7,15H2,1-2H3. The molecule has 0 atom stereocenters. The molecule has 0 aliphatic heterocycles. The van der Waals surface area contributed by atoms with Crippen LogP contribution in [-0.4, -0.2) is 6.54 Å². The average Bonchev–Trinajstić information content (AvgIpc) is 2.29. The lowest BCUT2D eigenvalue weighted by Gasteiger charge is -2.16. The molecule has 90 valence electrons. The van der Waals surface area contributed by atoms with E-state index in [0.717, 1.165) is 18.9 Å². The van der Waals surface area contributed by atoms with Crippen molar-refractivity contribution < 1.29 is 8.78 Å². The molecular formula is C12H18F2N2. The van der Waals surface area contributed by atoms with Crippen LogP contribution in [0, 0.1) is 17.6 Å². The van der Waals surface area contributed by atoms with E-state index in [4.69, 9.17) is 5.73 Å². The Morgan fingerprint density at radius 1 is 1.25 bits per heavy atom. The number of anilines is 2. The summed E-state index contributed by atoms with van der Waals surface area (Å²) in [6.45, 7) is 4.75. The van der Waals surface area contributed by atoms with Crippen molar-refractivity contribution in [3.05, 3.63) is 23.8 Å². The Morgan fingerprint density at radius 3 is 2.44 bits per heavy atom.